The van der Waals surface area contributed by atoms with Crippen LogP contribution in [-0.4, -0.2) is 28.0 Å². The molecule has 0 saturated heterocycles. The zero-order chi connectivity index (χ0) is 13.4. The Morgan fingerprint density at radius 2 is 1.83 bits per heavy atom. The van der Waals surface area contributed by atoms with Gasteiger partial charge in [-0.15, -0.1) is 0 Å². The quantitative estimate of drug-likeness (QED) is 0.710. The van der Waals surface area contributed by atoms with E-state index in [9.17, 15) is 0 Å². The van der Waals surface area contributed by atoms with E-state index in [0.29, 0.717) is 17.9 Å². The average molecular weight is 272 g/mol. The number of hydrogen-bond acceptors (Lipinski definition) is 5. The predicted molar refractivity (Wildman–Crippen MR) is 76.2 cm³/mol. The normalized spacial score (nSPS) is 12.2. The van der Waals surface area contributed by atoms with Crippen molar-refractivity contribution in [2.24, 2.45) is 0 Å². The van der Waals surface area contributed by atoms with Gasteiger partial charge in [-0.2, -0.15) is 15.0 Å². The summed E-state index contributed by atoms with van der Waals surface area (Å²) in [6, 6.07) is 0.338. The fraction of sp³-hybridized carbons (Fsp3) is 0.750. The lowest BCUT2D eigenvalue weighted by Gasteiger charge is -2.13. The molecule has 6 heteroatoms. The van der Waals surface area contributed by atoms with Crippen molar-refractivity contribution in [1.29, 1.82) is 0 Å². The van der Waals surface area contributed by atoms with Crippen molar-refractivity contribution in [2.45, 2.75) is 52.0 Å². The van der Waals surface area contributed by atoms with E-state index in [1.165, 1.54) is 25.7 Å². The van der Waals surface area contributed by atoms with E-state index >= 15 is 0 Å². The summed E-state index contributed by atoms with van der Waals surface area (Å²) in [7, 11) is 1.75. The molecule has 0 aliphatic heterocycles. The van der Waals surface area contributed by atoms with E-state index in [-0.39, 0.29) is 5.28 Å². The van der Waals surface area contributed by atoms with Crippen molar-refractivity contribution in [1.82, 2.24) is 15.0 Å². The van der Waals surface area contributed by atoms with Gasteiger partial charge in [0, 0.05) is 13.1 Å². The van der Waals surface area contributed by atoms with Gasteiger partial charge in [0.2, 0.25) is 17.2 Å². The van der Waals surface area contributed by atoms with Crippen LogP contribution in [0.15, 0.2) is 0 Å². The lowest BCUT2D eigenvalue weighted by Crippen LogP contribution is -2.17. The molecule has 0 fully saturated rings. The highest BCUT2D eigenvalue weighted by atomic mass is 35.5. The Hall–Kier alpha value is -1.10. The number of unbranched alkanes of at least 4 members (excludes halogenated alkanes) is 3. The van der Waals surface area contributed by atoms with Crippen LogP contribution in [0.4, 0.5) is 11.9 Å². The third kappa shape index (κ3) is 5.49. The van der Waals surface area contributed by atoms with Gasteiger partial charge in [0.05, 0.1) is 0 Å². The summed E-state index contributed by atoms with van der Waals surface area (Å²) in [5.74, 6) is 1.01. The Morgan fingerprint density at radius 3 is 2.50 bits per heavy atom. The molecular weight excluding hydrogens is 250 g/mol. The molecule has 1 rings (SSSR count). The van der Waals surface area contributed by atoms with Crippen LogP contribution in [0.25, 0.3) is 0 Å². The molecule has 0 aliphatic carbocycles. The van der Waals surface area contributed by atoms with Crippen LogP contribution in [0.3, 0.4) is 0 Å². The summed E-state index contributed by atoms with van der Waals surface area (Å²) in [5.41, 5.74) is 0. The van der Waals surface area contributed by atoms with E-state index in [4.69, 9.17) is 11.6 Å². The summed E-state index contributed by atoms with van der Waals surface area (Å²) in [5, 5.41) is 6.31. The van der Waals surface area contributed by atoms with Gasteiger partial charge < -0.3 is 10.6 Å². The summed E-state index contributed by atoms with van der Waals surface area (Å²) >= 11 is 5.82. The maximum atomic E-state index is 5.82. The first kappa shape index (κ1) is 15.0. The van der Waals surface area contributed by atoms with E-state index in [2.05, 4.69) is 39.4 Å². The Balaban J connectivity index is 2.43. The van der Waals surface area contributed by atoms with Crippen molar-refractivity contribution < 1.29 is 0 Å². The molecule has 1 unspecified atom stereocenters. The Bertz CT molecular complexity index is 358. The molecule has 2 N–H and O–H groups in total. The third-order valence-corrected chi connectivity index (χ3v) is 2.87. The summed E-state index contributed by atoms with van der Waals surface area (Å²) < 4.78 is 0. The van der Waals surface area contributed by atoms with Crippen LogP contribution in [0.5, 0.6) is 0 Å². The first-order valence-electron chi connectivity index (χ1n) is 6.51. The number of rotatable bonds is 8. The number of halogens is 1. The molecule has 0 bridgehead atoms. The molecule has 18 heavy (non-hydrogen) atoms. The summed E-state index contributed by atoms with van der Waals surface area (Å²) in [6.07, 6.45) is 6.17. The molecule has 1 atom stereocenters. The van der Waals surface area contributed by atoms with E-state index in [1.54, 1.807) is 7.05 Å². The second-order valence-corrected chi connectivity index (χ2v) is 4.73. The van der Waals surface area contributed by atoms with Gasteiger partial charge in [-0.3, -0.25) is 0 Å². The predicted octanol–water partition coefficient (Wildman–Crippen LogP) is 3.34. The van der Waals surface area contributed by atoms with Gasteiger partial charge in [-0.25, -0.2) is 0 Å². The van der Waals surface area contributed by atoms with Crippen LogP contribution in [0, 0.1) is 0 Å². The van der Waals surface area contributed by atoms with Gasteiger partial charge in [-0.1, -0.05) is 32.6 Å². The number of nitrogens with zero attached hydrogens (tertiary/aromatic N) is 3. The second-order valence-electron chi connectivity index (χ2n) is 4.40. The van der Waals surface area contributed by atoms with Crippen molar-refractivity contribution in [3.63, 3.8) is 0 Å². The lowest BCUT2D eigenvalue weighted by molar-refractivity contribution is 0.591. The monoisotopic (exact) mass is 271 g/mol. The number of hydrogen-bond donors (Lipinski definition) is 2. The topological polar surface area (TPSA) is 62.7 Å². The summed E-state index contributed by atoms with van der Waals surface area (Å²) in [6.45, 7) is 4.34. The molecule has 0 aliphatic rings. The van der Waals surface area contributed by atoms with Crippen LogP contribution >= 0.6 is 11.6 Å². The first-order valence-corrected chi connectivity index (χ1v) is 6.89. The average Bonchev–Trinajstić information content (AvgIpc) is 2.34. The van der Waals surface area contributed by atoms with E-state index in [0.717, 1.165) is 6.42 Å². The van der Waals surface area contributed by atoms with Gasteiger partial charge in [0.15, 0.2) is 0 Å². The summed E-state index contributed by atoms with van der Waals surface area (Å²) in [4.78, 5) is 12.2. The van der Waals surface area contributed by atoms with Crippen molar-refractivity contribution in [3.8, 4) is 0 Å². The molecule has 0 amide bonds. The SMILES string of the molecule is CCCCCCC(C)Nc1nc(Cl)nc(NC)n1. The largest absolute Gasteiger partial charge is 0.357 e. The highest BCUT2D eigenvalue weighted by Crippen LogP contribution is 2.12. The van der Waals surface area contributed by atoms with Gasteiger partial charge in [-0.05, 0) is 24.9 Å². The second kappa shape index (κ2) is 8.08. The minimum absolute atomic E-state index is 0.204. The zero-order valence-electron chi connectivity index (χ0n) is 11.3. The number of nitrogens with one attached hydrogen (secondary N) is 2. The van der Waals surface area contributed by atoms with Crippen LogP contribution < -0.4 is 10.6 Å². The van der Waals surface area contributed by atoms with Crippen LogP contribution in [0.1, 0.15) is 46.0 Å². The number of aromatic nitrogens is 3. The lowest BCUT2D eigenvalue weighted by atomic mass is 10.1. The molecule has 0 radical (unpaired) electrons. The maximum Gasteiger partial charge on any atom is 0.229 e. The van der Waals surface area contributed by atoms with Crippen molar-refractivity contribution in [3.05, 3.63) is 5.28 Å². The Morgan fingerprint density at radius 1 is 1.11 bits per heavy atom. The standard InChI is InChI=1S/C12H22ClN5/c1-4-5-6-7-8-9(2)15-12-17-10(13)16-11(14-3)18-12/h9H,4-8H2,1-3H3,(H2,14,15,16,17,18). The molecule has 0 aromatic carbocycles. The van der Waals surface area contributed by atoms with E-state index < -0.39 is 0 Å². The molecule has 1 aromatic heterocycles. The van der Waals surface area contributed by atoms with E-state index in [1.807, 2.05) is 0 Å². The molecule has 102 valence electrons. The van der Waals surface area contributed by atoms with Crippen molar-refractivity contribution in [2.75, 3.05) is 17.7 Å². The fourth-order valence-electron chi connectivity index (χ4n) is 1.70. The van der Waals surface area contributed by atoms with Crippen LogP contribution in [-0.2, 0) is 0 Å². The molecule has 1 aromatic rings. The zero-order valence-corrected chi connectivity index (χ0v) is 12.1. The Kier molecular flexibility index (Phi) is 6.72. The molecule has 5 nitrogen and oxygen atoms in total. The molecule has 0 saturated carbocycles. The molecule has 1 heterocycles. The van der Waals surface area contributed by atoms with Crippen LogP contribution in [0.2, 0.25) is 5.28 Å². The maximum absolute atomic E-state index is 5.82. The highest BCUT2D eigenvalue weighted by Gasteiger charge is 2.07. The minimum atomic E-state index is 0.204. The Labute approximate surface area is 114 Å². The smallest absolute Gasteiger partial charge is 0.229 e. The van der Waals surface area contributed by atoms with Gasteiger partial charge in [0.25, 0.3) is 0 Å². The van der Waals surface area contributed by atoms with Gasteiger partial charge >= 0.3 is 0 Å². The highest BCUT2D eigenvalue weighted by molar-refractivity contribution is 6.28. The van der Waals surface area contributed by atoms with Gasteiger partial charge in [0.1, 0.15) is 0 Å². The third-order valence-electron chi connectivity index (χ3n) is 2.70. The minimum Gasteiger partial charge on any atom is -0.357 e. The molecular formula is C12H22ClN5. The number of anilines is 2. The van der Waals surface area contributed by atoms with Crippen molar-refractivity contribution >= 4 is 23.5 Å². The fourth-order valence-corrected chi connectivity index (χ4v) is 1.86. The first-order chi connectivity index (χ1) is 8.65. The molecule has 0 spiro atoms.